The number of hydrogen-bond acceptors (Lipinski definition) is 4. The molecule has 2 bridgehead atoms. The molecule has 0 aliphatic carbocycles. The van der Waals surface area contributed by atoms with E-state index in [2.05, 4.69) is 0 Å². The van der Waals surface area contributed by atoms with Gasteiger partial charge in [0.15, 0.2) is 0 Å². The van der Waals surface area contributed by atoms with Crippen LogP contribution in [0.3, 0.4) is 0 Å². The first kappa shape index (κ1) is 15.3. The highest BCUT2D eigenvalue weighted by Crippen LogP contribution is 2.34. The molecule has 2 aromatic heterocycles. The Balaban J connectivity index is 1.47. The summed E-state index contributed by atoms with van der Waals surface area (Å²) >= 11 is 0. The Hall–Kier alpha value is -2.21. The van der Waals surface area contributed by atoms with Gasteiger partial charge in [-0.3, -0.25) is 9.74 Å². The molecule has 0 saturated carbocycles. The van der Waals surface area contributed by atoms with Crippen molar-refractivity contribution in [1.82, 2.24) is 4.90 Å². The van der Waals surface area contributed by atoms with Crippen LogP contribution in [-0.4, -0.2) is 35.3 Å². The first-order valence-electron chi connectivity index (χ1n) is 8.62. The van der Waals surface area contributed by atoms with E-state index >= 15 is 0 Å². The van der Waals surface area contributed by atoms with Gasteiger partial charge in [0.05, 0.1) is 25.6 Å². The summed E-state index contributed by atoms with van der Waals surface area (Å²) in [4.78, 5) is 20.5. The molecule has 0 unspecified atom stereocenters. The number of hydroxylamine groups is 3. The van der Waals surface area contributed by atoms with E-state index in [1.807, 2.05) is 24.3 Å². The maximum absolute atomic E-state index is 12.9. The zero-order valence-electron chi connectivity index (χ0n) is 13.7. The van der Waals surface area contributed by atoms with Gasteiger partial charge >= 0.3 is 6.09 Å². The zero-order chi connectivity index (χ0) is 16.4. The van der Waals surface area contributed by atoms with Crippen LogP contribution >= 0.6 is 0 Å². The van der Waals surface area contributed by atoms with Crippen LogP contribution in [0.2, 0.25) is 0 Å². The number of fused-ring (bicyclic) bond motifs is 3. The minimum atomic E-state index is -0.303. The fourth-order valence-corrected chi connectivity index (χ4v) is 3.75. The molecule has 3 aliphatic heterocycles. The fourth-order valence-electron chi connectivity index (χ4n) is 3.75. The first-order valence-corrected chi connectivity index (χ1v) is 8.62. The van der Waals surface area contributed by atoms with Crippen molar-refractivity contribution in [3.8, 4) is 0 Å². The molecule has 6 nitrogen and oxygen atoms in total. The molecular formula is C18H23N2O4+. The average Bonchev–Trinajstić information content (AvgIpc) is 3.29. The van der Waals surface area contributed by atoms with E-state index in [1.54, 1.807) is 17.4 Å². The molecule has 128 valence electrons. The predicted octanol–water partition coefficient (Wildman–Crippen LogP) is 3.56. The number of amides is 1. The molecule has 0 aromatic carbocycles. The Morgan fingerprint density at radius 3 is 2.04 bits per heavy atom. The van der Waals surface area contributed by atoms with Crippen LogP contribution in [0.1, 0.15) is 30.8 Å². The van der Waals surface area contributed by atoms with Crippen molar-refractivity contribution < 1.29 is 23.1 Å². The SMILES string of the molecule is O=C(O[N+]12CCC(CC1)CC2)N(Cc1ccco1)Cc1ccco1. The van der Waals surface area contributed by atoms with E-state index in [0.29, 0.717) is 17.7 Å². The maximum atomic E-state index is 12.9. The highest BCUT2D eigenvalue weighted by molar-refractivity contribution is 5.66. The third-order valence-corrected chi connectivity index (χ3v) is 5.22. The first-order chi connectivity index (χ1) is 11.7. The molecule has 3 fully saturated rings. The van der Waals surface area contributed by atoms with Gasteiger partial charge in [0, 0.05) is 19.3 Å². The van der Waals surface area contributed by atoms with Gasteiger partial charge < -0.3 is 8.83 Å². The van der Waals surface area contributed by atoms with Gasteiger partial charge in [0.2, 0.25) is 0 Å². The smallest absolute Gasteiger partial charge is 0.465 e. The quantitative estimate of drug-likeness (QED) is 0.786. The monoisotopic (exact) mass is 331 g/mol. The molecule has 0 spiro atoms. The lowest BCUT2D eigenvalue weighted by atomic mass is 9.88. The molecule has 5 rings (SSSR count). The predicted molar refractivity (Wildman–Crippen MR) is 85.3 cm³/mol. The van der Waals surface area contributed by atoms with Crippen LogP contribution in [0.4, 0.5) is 4.79 Å². The van der Waals surface area contributed by atoms with Crippen molar-refractivity contribution in [2.75, 3.05) is 19.6 Å². The fraction of sp³-hybridized carbons (Fsp3) is 0.500. The second-order valence-corrected chi connectivity index (χ2v) is 6.83. The normalized spacial score (nSPS) is 25.6. The number of carbonyl (C=O) groups excluding carboxylic acids is 1. The molecule has 3 aliphatic rings. The van der Waals surface area contributed by atoms with E-state index in [1.165, 1.54) is 0 Å². The summed E-state index contributed by atoms with van der Waals surface area (Å²) in [5.41, 5.74) is 0. The number of rotatable bonds is 5. The molecular weight excluding hydrogens is 308 g/mol. The molecule has 3 saturated heterocycles. The minimum Gasteiger partial charge on any atom is -0.467 e. The van der Waals surface area contributed by atoms with Crippen molar-refractivity contribution in [2.24, 2.45) is 5.92 Å². The third-order valence-electron chi connectivity index (χ3n) is 5.22. The van der Waals surface area contributed by atoms with Crippen molar-refractivity contribution in [3.05, 3.63) is 48.3 Å². The van der Waals surface area contributed by atoms with Crippen molar-refractivity contribution in [2.45, 2.75) is 32.4 Å². The van der Waals surface area contributed by atoms with E-state index in [4.69, 9.17) is 13.7 Å². The largest absolute Gasteiger partial charge is 0.467 e. The molecule has 5 heterocycles. The van der Waals surface area contributed by atoms with Crippen LogP contribution in [0.5, 0.6) is 0 Å². The van der Waals surface area contributed by atoms with E-state index in [-0.39, 0.29) is 6.09 Å². The van der Waals surface area contributed by atoms with E-state index in [0.717, 1.165) is 56.3 Å². The van der Waals surface area contributed by atoms with Gasteiger partial charge in [0.1, 0.15) is 31.2 Å². The highest BCUT2D eigenvalue weighted by atomic mass is 16.8. The zero-order valence-corrected chi connectivity index (χ0v) is 13.7. The number of carbonyl (C=O) groups is 1. The standard InChI is InChI=1S/C18H23N2O4/c21-18(24-20-8-5-15(6-9-20)7-10-20)19(13-16-3-1-11-22-16)14-17-4-2-12-23-17/h1-4,11-12,15H,5-10,13-14H2/q+1. The van der Waals surface area contributed by atoms with E-state index in [9.17, 15) is 4.79 Å². The Kier molecular flexibility index (Phi) is 4.06. The summed E-state index contributed by atoms with van der Waals surface area (Å²) in [6.07, 6.45) is 6.39. The van der Waals surface area contributed by atoms with Gasteiger partial charge in [-0.05, 0) is 30.2 Å². The summed E-state index contributed by atoms with van der Waals surface area (Å²) in [6, 6.07) is 7.37. The van der Waals surface area contributed by atoms with Crippen LogP contribution in [0, 0.1) is 5.92 Å². The van der Waals surface area contributed by atoms with Gasteiger partial charge in [0.25, 0.3) is 0 Å². The summed E-state index contributed by atoms with van der Waals surface area (Å²) in [5, 5.41) is 0. The van der Waals surface area contributed by atoms with Crippen molar-refractivity contribution in [3.63, 3.8) is 0 Å². The highest BCUT2D eigenvalue weighted by Gasteiger charge is 2.44. The second-order valence-electron chi connectivity index (χ2n) is 6.83. The average molecular weight is 331 g/mol. The molecule has 6 heteroatoms. The lowest BCUT2D eigenvalue weighted by Gasteiger charge is -2.45. The minimum absolute atomic E-state index is 0.303. The van der Waals surface area contributed by atoms with Gasteiger partial charge in [-0.25, -0.2) is 4.79 Å². The molecule has 2 aromatic rings. The Labute approximate surface area is 141 Å². The number of nitrogens with zero attached hydrogens (tertiary/aromatic N) is 2. The molecule has 24 heavy (non-hydrogen) atoms. The Morgan fingerprint density at radius 1 is 1.04 bits per heavy atom. The molecule has 0 radical (unpaired) electrons. The summed E-state index contributed by atoms with van der Waals surface area (Å²) in [6.45, 7) is 3.55. The maximum Gasteiger partial charge on any atom is 0.465 e. The van der Waals surface area contributed by atoms with Crippen LogP contribution in [0.15, 0.2) is 45.6 Å². The molecule has 0 atom stereocenters. The van der Waals surface area contributed by atoms with E-state index < -0.39 is 0 Å². The molecule has 0 N–H and O–H groups in total. The Bertz CT molecular complexity index is 607. The summed E-state index contributed by atoms with van der Waals surface area (Å²) in [7, 11) is 0. The van der Waals surface area contributed by atoms with Gasteiger partial charge in [-0.1, -0.05) is 0 Å². The number of furan rings is 2. The van der Waals surface area contributed by atoms with Crippen LogP contribution in [0.25, 0.3) is 0 Å². The van der Waals surface area contributed by atoms with Gasteiger partial charge in [-0.2, -0.15) is 0 Å². The summed E-state index contributed by atoms with van der Waals surface area (Å²) < 4.78 is 11.3. The second kappa shape index (κ2) is 6.36. The number of hydrogen-bond donors (Lipinski definition) is 0. The van der Waals surface area contributed by atoms with Crippen LogP contribution in [-0.2, 0) is 17.9 Å². The lowest BCUT2D eigenvalue weighted by molar-refractivity contribution is -1.10. The molecule has 1 amide bonds. The third kappa shape index (κ3) is 3.19. The Morgan fingerprint density at radius 2 is 1.58 bits per heavy atom. The number of quaternary nitrogens is 1. The topological polar surface area (TPSA) is 55.8 Å². The van der Waals surface area contributed by atoms with Crippen molar-refractivity contribution >= 4 is 6.09 Å². The van der Waals surface area contributed by atoms with Crippen molar-refractivity contribution in [1.29, 1.82) is 0 Å². The number of piperidine rings is 3. The van der Waals surface area contributed by atoms with Gasteiger partial charge in [-0.15, -0.1) is 4.65 Å². The summed E-state index contributed by atoms with van der Waals surface area (Å²) in [5.74, 6) is 2.29. The van der Waals surface area contributed by atoms with Crippen LogP contribution < -0.4 is 0 Å². The lowest BCUT2D eigenvalue weighted by Crippen LogP contribution is -2.59.